The zero-order valence-electron chi connectivity index (χ0n) is 11.8. The summed E-state index contributed by atoms with van der Waals surface area (Å²) in [7, 11) is 0. The van der Waals surface area contributed by atoms with Gasteiger partial charge in [0.1, 0.15) is 12.5 Å². The summed E-state index contributed by atoms with van der Waals surface area (Å²) in [6.45, 7) is 1.92. The number of Topliss-reactive ketones (excluding diaryl/α,β-unsaturated/α-hetero) is 1. The molecule has 1 aliphatic rings. The molecule has 0 radical (unpaired) electrons. The minimum atomic E-state index is -0.894. The van der Waals surface area contributed by atoms with Crippen LogP contribution in [0.25, 0.3) is 0 Å². The van der Waals surface area contributed by atoms with Crippen molar-refractivity contribution in [2.24, 2.45) is 5.92 Å². The lowest BCUT2D eigenvalue weighted by Gasteiger charge is -2.15. The van der Waals surface area contributed by atoms with Gasteiger partial charge >= 0.3 is 12.1 Å². The molecular formula is C15H17NO5. The van der Waals surface area contributed by atoms with Crippen molar-refractivity contribution >= 4 is 17.8 Å². The molecule has 0 bridgehead atoms. The molecule has 0 saturated carbocycles. The van der Waals surface area contributed by atoms with Crippen LogP contribution < -0.4 is 0 Å². The average Bonchev–Trinajstić information content (AvgIpc) is 2.88. The average molecular weight is 291 g/mol. The van der Waals surface area contributed by atoms with Crippen LogP contribution in [0.1, 0.15) is 12.5 Å². The topological polar surface area (TPSA) is 72.9 Å². The molecule has 1 atom stereocenters. The molecule has 1 aromatic carbocycles. The second-order valence-electron chi connectivity index (χ2n) is 4.69. The second-order valence-corrected chi connectivity index (χ2v) is 4.69. The number of hydrogen-bond donors (Lipinski definition) is 0. The summed E-state index contributed by atoms with van der Waals surface area (Å²) in [5.74, 6) is -1.79. The van der Waals surface area contributed by atoms with Crippen molar-refractivity contribution in [3.8, 4) is 0 Å². The highest BCUT2D eigenvalue weighted by Gasteiger charge is 2.39. The first kappa shape index (κ1) is 15.0. The van der Waals surface area contributed by atoms with Crippen molar-refractivity contribution < 1.29 is 23.9 Å². The molecule has 0 spiro atoms. The van der Waals surface area contributed by atoms with Crippen LogP contribution in [0, 0.1) is 5.92 Å². The molecule has 2 rings (SSSR count). The third-order valence-corrected chi connectivity index (χ3v) is 3.17. The number of likely N-dealkylation sites (tertiary alicyclic amines) is 1. The monoisotopic (exact) mass is 291 g/mol. The molecule has 1 heterocycles. The summed E-state index contributed by atoms with van der Waals surface area (Å²) >= 11 is 0. The van der Waals surface area contributed by atoms with Crippen LogP contribution in [0.2, 0.25) is 0 Å². The van der Waals surface area contributed by atoms with Gasteiger partial charge in [0, 0.05) is 6.54 Å². The van der Waals surface area contributed by atoms with Gasteiger partial charge in [0.05, 0.1) is 13.2 Å². The van der Waals surface area contributed by atoms with Crippen LogP contribution in [-0.4, -0.2) is 42.4 Å². The van der Waals surface area contributed by atoms with Gasteiger partial charge in [-0.1, -0.05) is 30.3 Å². The Labute approximate surface area is 122 Å². The molecule has 1 aromatic rings. The highest BCUT2D eigenvalue weighted by Crippen LogP contribution is 2.16. The smallest absolute Gasteiger partial charge is 0.410 e. The highest BCUT2D eigenvalue weighted by atomic mass is 16.6. The third kappa shape index (κ3) is 3.81. The van der Waals surface area contributed by atoms with Crippen molar-refractivity contribution in [1.82, 2.24) is 4.90 Å². The van der Waals surface area contributed by atoms with E-state index in [0.717, 1.165) is 5.56 Å². The van der Waals surface area contributed by atoms with Crippen LogP contribution in [-0.2, 0) is 25.7 Å². The lowest BCUT2D eigenvalue weighted by atomic mass is 10.1. The van der Waals surface area contributed by atoms with Crippen LogP contribution in [0.3, 0.4) is 0 Å². The first-order chi connectivity index (χ1) is 10.1. The predicted molar refractivity (Wildman–Crippen MR) is 73.3 cm³/mol. The van der Waals surface area contributed by atoms with Gasteiger partial charge in [0.2, 0.25) is 0 Å². The molecule has 112 valence electrons. The fraction of sp³-hybridized carbons (Fsp3) is 0.400. The summed E-state index contributed by atoms with van der Waals surface area (Å²) in [6, 6.07) is 9.24. The van der Waals surface area contributed by atoms with E-state index in [1.54, 1.807) is 6.92 Å². The summed E-state index contributed by atoms with van der Waals surface area (Å²) in [5, 5.41) is 0. The Morgan fingerprint density at radius 3 is 2.62 bits per heavy atom. The number of benzene rings is 1. The lowest BCUT2D eigenvalue weighted by Crippen LogP contribution is -2.30. The first-order valence-electron chi connectivity index (χ1n) is 6.76. The van der Waals surface area contributed by atoms with E-state index < -0.39 is 18.0 Å². The Morgan fingerprint density at radius 2 is 1.95 bits per heavy atom. The zero-order chi connectivity index (χ0) is 15.2. The molecule has 0 N–H and O–H groups in total. The van der Waals surface area contributed by atoms with Crippen molar-refractivity contribution in [1.29, 1.82) is 0 Å². The molecule has 21 heavy (non-hydrogen) atoms. The van der Waals surface area contributed by atoms with E-state index in [9.17, 15) is 14.4 Å². The molecule has 1 saturated heterocycles. The van der Waals surface area contributed by atoms with E-state index in [4.69, 9.17) is 9.47 Å². The Bertz CT molecular complexity index is 528. The van der Waals surface area contributed by atoms with E-state index in [-0.39, 0.29) is 32.1 Å². The van der Waals surface area contributed by atoms with Gasteiger partial charge in [-0.2, -0.15) is 0 Å². The number of amides is 1. The van der Waals surface area contributed by atoms with E-state index in [2.05, 4.69) is 0 Å². The lowest BCUT2D eigenvalue weighted by molar-refractivity contribution is -0.149. The van der Waals surface area contributed by atoms with Gasteiger partial charge in [0.25, 0.3) is 0 Å². The number of rotatable bonds is 4. The molecule has 0 aromatic heterocycles. The van der Waals surface area contributed by atoms with Crippen molar-refractivity contribution in [2.75, 3.05) is 19.7 Å². The molecule has 1 fully saturated rings. The van der Waals surface area contributed by atoms with Crippen LogP contribution in [0.5, 0.6) is 0 Å². The zero-order valence-corrected chi connectivity index (χ0v) is 11.8. The van der Waals surface area contributed by atoms with Gasteiger partial charge in [-0.15, -0.1) is 0 Å². The quantitative estimate of drug-likeness (QED) is 0.619. The fourth-order valence-corrected chi connectivity index (χ4v) is 2.08. The van der Waals surface area contributed by atoms with Crippen molar-refractivity contribution in [3.63, 3.8) is 0 Å². The minimum Gasteiger partial charge on any atom is -0.465 e. The van der Waals surface area contributed by atoms with Gasteiger partial charge in [-0.25, -0.2) is 4.79 Å². The Balaban J connectivity index is 1.87. The molecule has 1 unspecified atom stereocenters. The number of carbonyl (C=O) groups is 3. The predicted octanol–water partition coefficient (Wildman–Crippen LogP) is 1.39. The Hall–Kier alpha value is -2.37. The summed E-state index contributed by atoms with van der Waals surface area (Å²) in [6.07, 6.45) is -0.598. The number of esters is 1. The second kappa shape index (κ2) is 6.88. The van der Waals surface area contributed by atoms with E-state index in [0.29, 0.717) is 0 Å². The number of ketones is 1. The third-order valence-electron chi connectivity index (χ3n) is 3.17. The van der Waals surface area contributed by atoms with Crippen molar-refractivity contribution in [2.45, 2.75) is 13.5 Å². The SMILES string of the molecule is CCOC(=O)C1CN(C(=O)OCc2ccccc2)CC1=O. The molecular weight excluding hydrogens is 274 g/mol. The summed E-state index contributed by atoms with van der Waals surface area (Å²) in [4.78, 5) is 36.4. The van der Waals surface area contributed by atoms with E-state index >= 15 is 0 Å². The highest BCUT2D eigenvalue weighted by molar-refractivity contribution is 6.03. The van der Waals surface area contributed by atoms with Gasteiger partial charge in [-0.3, -0.25) is 14.5 Å². The van der Waals surface area contributed by atoms with Gasteiger partial charge < -0.3 is 9.47 Å². The minimum absolute atomic E-state index is 0.0191. The number of nitrogens with zero attached hydrogens (tertiary/aromatic N) is 1. The molecule has 1 aliphatic heterocycles. The van der Waals surface area contributed by atoms with Gasteiger partial charge in [-0.05, 0) is 12.5 Å². The maximum atomic E-state index is 11.9. The molecule has 6 nitrogen and oxygen atoms in total. The maximum absolute atomic E-state index is 11.9. The van der Waals surface area contributed by atoms with Crippen LogP contribution in [0.4, 0.5) is 4.79 Å². The maximum Gasteiger partial charge on any atom is 0.410 e. The van der Waals surface area contributed by atoms with E-state index in [1.165, 1.54) is 4.90 Å². The number of carbonyl (C=O) groups excluding carboxylic acids is 3. The summed E-state index contributed by atoms with van der Waals surface area (Å²) in [5.41, 5.74) is 0.860. The summed E-state index contributed by atoms with van der Waals surface area (Å²) < 4.78 is 9.95. The Morgan fingerprint density at radius 1 is 1.24 bits per heavy atom. The fourth-order valence-electron chi connectivity index (χ4n) is 2.08. The largest absolute Gasteiger partial charge is 0.465 e. The molecule has 0 aliphatic carbocycles. The first-order valence-corrected chi connectivity index (χ1v) is 6.76. The van der Waals surface area contributed by atoms with Gasteiger partial charge in [0.15, 0.2) is 5.78 Å². The van der Waals surface area contributed by atoms with Crippen LogP contribution in [0.15, 0.2) is 30.3 Å². The molecule has 6 heteroatoms. The number of ether oxygens (including phenoxy) is 2. The van der Waals surface area contributed by atoms with Crippen LogP contribution >= 0.6 is 0 Å². The normalized spacial score (nSPS) is 17.7. The Kier molecular flexibility index (Phi) is 4.92. The molecule has 1 amide bonds. The van der Waals surface area contributed by atoms with E-state index in [1.807, 2.05) is 30.3 Å². The standard InChI is InChI=1S/C15H17NO5/c1-2-20-14(18)12-8-16(9-13(12)17)15(19)21-10-11-6-4-3-5-7-11/h3-7,12H,2,8-10H2,1H3. The number of hydrogen-bond acceptors (Lipinski definition) is 5. The van der Waals surface area contributed by atoms with Crippen molar-refractivity contribution in [3.05, 3.63) is 35.9 Å².